The van der Waals surface area contributed by atoms with Gasteiger partial charge in [0.2, 0.25) is 0 Å². The Labute approximate surface area is 153 Å². The Balaban J connectivity index is 1.59. The highest BCUT2D eigenvalue weighted by atomic mass is 19.1. The molecule has 0 aromatic heterocycles. The second-order valence-corrected chi connectivity index (χ2v) is 5.94. The number of methoxy groups -OCH3 is 1. The Morgan fingerprint density at radius 2 is 1.35 bits per heavy atom. The van der Waals surface area contributed by atoms with E-state index in [4.69, 9.17) is 9.47 Å². The molecule has 0 aliphatic heterocycles. The summed E-state index contributed by atoms with van der Waals surface area (Å²) in [6.07, 6.45) is 0. The Morgan fingerprint density at radius 1 is 0.769 bits per heavy atom. The summed E-state index contributed by atoms with van der Waals surface area (Å²) in [5, 5.41) is 3.43. The zero-order valence-corrected chi connectivity index (χ0v) is 14.7. The molecule has 0 aliphatic carbocycles. The molecule has 0 spiro atoms. The maximum atomic E-state index is 13.0. The average molecular weight is 351 g/mol. The lowest BCUT2D eigenvalue weighted by Gasteiger charge is -2.13. The minimum Gasteiger partial charge on any atom is -0.496 e. The van der Waals surface area contributed by atoms with Gasteiger partial charge in [-0.05, 0) is 29.8 Å². The zero-order valence-electron chi connectivity index (χ0n) is 14.7. The monoisotopic (exact) mass is 351 g/mol. The van der Waals surface area contributed by atoms with Gasteiger partial charge in [-0.2, -0.15) is 0 Å². The largest absolute Gasteiger partial charge is 0.496 e. The summed E-state index contributed by atoms with van der Waals surface area (Å²) < 4.78 is 24.3. The number of halogens is 1. The van der Waals surface area contributed by atoms with Crippen molar-refractivity contribution < 1.29 is 13.9 Å². The van der Waals surface area contributed by atoms with Crippen molar-refractivity contribution in [2.45, 2.75) is 19.7 Å². The van der Waals surface area contributed by atoms with Crippen molar-refractivity contribution in [2.24, 2.45) is 0 Å². The van der Waals surface area contributed by atoms with E-state index in [1.807, 2.05) is 48.5 Å². The highest BCUT2D eigenvalue weighted by molar-refractivity contribution is 5.35. The molecule has 0 amide bonds. The molecule has 0 fully saturated rings. The van der Waals surface area contributed by atoms with Crippen molar-refractivity contribution in [3.05, 3.63) is 95.3 Å². The Kier molecular flexibility index (Phi) is 6.23. The van der Waals surface area contributed by atoms with Crippen LogP contribution in [-0.2, 0) is 19.7 Å². The topological polar surface area (TPSA) is 30.5 Å². The predicted molar refractivity (Wildman–Crippen MR) is 101 cm³/mol. The highest BCUT2D eigenvalue weighted by Gasteiger charge is 2.05. The van der Waals surface area contributed by atoms with Crippen LogP contribution in [0.5, 0.6) is 11.5 Å². The van der Waals surface area contributed by atoms with E-state index >= 15 is 0 Å². The molecule has 1 N–H and O–H groups in total. The number of ether oxygens (including phenoxy) is 2. The lowest BCUT2D eigenvalue weighted by atomic mass is 10.1. The molecule has 0 saturated heterocycles. The number of hydrogen-bond donors (Lipinski definition) is 1. The molecule has 0 heterocycles. The van der Waals surface area contributed by atoms with Crippen LogP contribution in [0.1, 0.15) is 16.7 Å². The number of nitrogens with one attached hydrogen (secondary N) is 1. The zero-order chi connectivity index (χ0) is 18.2. The molecule has 3 aromatic rings. The summed E-state index contributed by atoms with van der Waals surface area (Å²) in [5.41, 5.74) is 3.12. The van der Waals surface area contributed by atoms with Gasteiger partial charge in [-0.1, -0.05) is 48.5 Å². The third kappa shape index (κ3) is 4.83. The van der Waals surface area contributed by atoms with E-state index in [0.717, 1.165) is 28.2 Å². The van der Waals surface area contributed by atoms with Crippen molar-refractivity contribution >= 4 is 0 Å². The standard InChI is InChI=1S/C22H22FNO2/c1-25-21-8-4-2-6-18(21)14-24-15-19-7-3-5-9-22(19)26-16-17-10-12-20(23)13-11-17/h2-13,24H,14-16H2,1H3. The van der Waals surface area contributed by atoms with Gasteiger partial charge >= 0.3 is 0 Å². The minimum atomic E-state index is -0.241. The van der Waals surface area contributed by atoms with Gasteiger partial charge in [0, 0.05) is 24.2 Å². The molecule has 3 aromatic carbocycles. The number of rotatable bonds is 8. The first-order chi connectivity index (χ1) is 12.8. The van der Waals surface area contributed by atoms with Crippen LogP contribution < -0.4 is 14.8 Å². The number of benzene rings is 3. The molecule has 3 rings (SSSR count). The van der Waals surface area contributed by atoms with Crippen LogP contribution in [0.4, 0.5) is 4.39 Å². The number of para-hydroxylation sites is 2. The molecule has 0 radical (unpaired) electrons. The molecule has 26 heavy (non-hydrogen) atoms. The lowest BCUT2D eigenvalue weighted by molar-refractivity contribution is 0.302. The van der Waals surface area contributed by atoms with Crippen molar-refractivity contribution in [1.82, 2.24) is 5.32 Å². The van der Waals surface area contributed by atoms with Gasteiger partial charge in [0.15, 0.2) is 0 Å². The number of hydrogen-bond acceptors (Lipinski definition) is 3. The smallest absolute Gasteiger partial charge is 0.124 e. The molecule has 0 saturated carbocycles. The molecule has 3 nitrogen and oxygen atoms in total. The van der Waals surface area contributed by atoms with Gasteiger partial charge < -0.3 is 14.8 Å². The summed E-state index contributed by atoms with van der Waals surface area (Å²) in [6, 6.07) is 22.2. The molecule has 0 aliphatic rings. The maximum absolute atomic E-state index is 13.0. The first-order valence-electron chi connectivity index (χ1n) is 8.54. The van der Waals surface area contributed by atoms with Crippen LogP contribution in [0.15, 0.2) is 72.8 Å². The summed E-state index contributed by atoms with van der Waals surface area (Å²) in [7, 11) is 1.68. The highest BCUT2D eigenvalue weighted by Crippen LogP contribution is 2.21. The molecule has 134 valence electrons. The minimum absolute atomic E-state index is 0.241. The summed E-state index contributed by atoms with van der Waals surface area (Å²) in [6.45, 7) is 1.79. The fraction of sp³-hybridized carbons (Fsp3) is 0.182. The van der Waals surface area contributed by atoms with Crippen LogP contribution in [0.25, 0.3) is 0 Å². The van der Waals surface area contributed by atoms with E-state index in [-0.39, 0.29) is 5.82 Å². The molecular formula is C22H22FNO2. The first kappa shape index (κ1) is 18.0. The van der Waals surface area contributed by atoms with Gasteiger partial charge in [-0.3, -0.25) is 0 Å². The van der Waals surface area contributed by atoms with Crippen molar-refractivity contribution in [2.75, 3.05) is 7.11 Å². The third-order valence-electron chi connectivity index (χ3n) is 4.10. The van der Waals surface area contributed by atoms with Crippen LogP contribution in [0, 0.1) is 5.82 Å². The van der Waals surface area contributed by atoms with Gasteiger partial charge in [-0.25, -0.2) is 4.39 Å². The molecule has 4 heteroatoms. The first-order valence-corrected chi connectivity index (χ1v) is 8.54. The van der Waals surface area contributed by atoms with Crippen molar-refractivity contribution in [3.63, 3.8) is 0 Å². The van der Waals surface area contributed by atoms with Crippen LogP contribution in [-0.4, -0.2) is 7.11 Å². The predicted octanol–water partition coefficient (Wildman–Crippen LogP) is 4.70. The van der Waals surface area contributed by atoms with Crippen LogP contribution >= 0.6 is 0 Å². The van der Waals surface area contributed by atoms with Gasteiger partial charge in [0.25, 0.3) is 0 Å². The molecular weight excluding hydrogens is 329 g/mol. The van der Waals surface area contributed by atoms with Crippen LogP contribution in [0.2, 0.25) is 0 Å². The molecule has 0 bridgehead atoms. The van der Waals surface area contributed by atoms with Crippen molar-refractivity contribution in [3.8, 4) is 11.5 Å². The maximum Gasteiger partial charge on any atom is 0.124 e. The SMILES string of the molecule is COc1ccccc1CNCc1ccccc1OCc1ccc(F)cc1. The van der Waals surface area contributed by atoms with E-state index in [1.54, 1.807) is 19.2 Å². The Hall–Kier alpha value is -2.85. The van der Waals surface area contributed by atoms with E-state index in [9.17, 15) is 4.39 Å². The van der Waals surface area contributed by atoms with Crippen molar-refractivity contribution in [1.29, 1.82) is 0 Å². The Morgan fingerprint density at radius 3 is 2.00 bits per heavy atom. The van der Waals surface area contributed by atoms with E-state index in [1.165, 1.54) is 12.1 Å². The third-order valence-corrected chi connectivity index (χ3v) is 4.10. The van der Waals surface area contributed by atoms with Gasteiger partial charge in [0.05, 0.1) is 7.11 Å². The fourth-order valence-corrected chi connectivity index (χ4v) is 2.71. The van der Waals surface area contributed by atoms with Gasteiger partial charge in [0.1, 0.15) is 23.9 Å². The second-order valence-electron chi connectivity index (χ2n) is 5.94. The lowest BCUT2D eigenvalue weighted by Crippen LogP contribution is -2.14. The summed E-state index contributed by atoms with van der Waals surface area (Å²) in [5.74, 6) is 1.46. The summed E-state index contributed by atoms with van der Waals surface area (Å²) in [4.78, 5) is 0. The van der Waals surface area contributed by atoms with E-state index in [2.05, 4.69) is 5.32 Å². The molecule has 0 unspecified atom stereocenters. The van der Waals surface area contributed by atoms with Crippen LogP contribution in [0.3, 0.4) is 0 Å². The van der Waals surface area contributed by atoms with Gasteiger partial charge in [-0.15, -0.1) is 0 Å². The molecule has 0 atom stereocenters. The van der Waals surface area contributed by atoms with E-state index < -0.39 is 0 Å². The normalized spacial score (nSPS) is 10.5. The summed E-state index contributed by atoms with van der Waals surface area (Å²) >= 11 is 0. The second kappa shape index (κ2) is 9.02. The van der Waals surface area contributed by atoms with E-state index in [0.29, 0.717) is 19.7 Å². The fourth-order valence-electron chi connectivity index (χ4n) is 2.71. The average Bonchev–Trinajstić information content (AvgIpc) is 2.69. The quantitative estimate of drug-likeness (QED) is 0.638. The Bertz CT molecular complexity index is 834.